The molecule has 8 heteroatoms. The lowest BCUT2D eigenvalue weighted by atomic mass is 10.1. The lowest BCUT2D eigenvalue weighted by Gasteiger charge is -2.10. The third-order valence-electron chi connectivity index (χ3n) is 4.51. The molecule has 162 valence electrons. The van der Waals surface area contributed by atoms with Gasteiger partial charge < -0.3 is 19.3 Å². The van der Waals surface area contributed by atoms with Crippen LogP contribution in [0.1, 0.15) is 11.4 Å². The fraction of sp³-hybridized carbons (Fsp3) is 0.125. The second-order valence-corrected chi connectivity index (χ2v) is 7.32. The van der Waals surface area contributed by atoms with Crippen LogP contribution in [-0.2, 0) is 11.4 Å². The van der Waals surface area contributed by atoms with Gasteiger partial charge >= 0.3 is 0 Å². The second-order valence-electron chi connectivity index (χ2n) is 6.91. The number of ether oxygens (including phenoxy) is 2. The summed E-state index contributed by atoms with van der Waals surface area (Å²) in [5.74, 6) is 1.63. The normalized spacial score (nSPS) is 10.6. The Morgan fingerprint density at radius 3 is 2.59 bits per heavy atom. The van der Waals surface area contributed by atoms with Gasteiger partial charge in [-0.1, -0.05) is 47.1 Å². The predicted molar refractivity (Wildman–Crippen MR) is 121 cm³/mol. The first-order valence-corrected chi connectivity index (χ1v) is 10.2. The van der Waals surface area contributed by atoms with E-state index in [2.05, 4.69) is 15.5 Å². The smallest absolute Gasteiger partial charge is 0.262 e. The zero-order valence-corrected chi connectivity index (χ0v) is 18.0. The summed E-state index contributed by atoms with van der Waals surface area (Å²) in [4.78, 5) is 16.8. The first-order chi connectivity index (χ1) is 15.6. The molecule has 7 nitrogen and oxygen atoms in total. The van der Waals surface area contributed by atoms with E-state index < -0.39 is 0 Å². The highest BCUT2D eigenvalue weighted by Crippen LogP contribution is 2.27. The summed E-state index contributed by atoms with van der Waals surface area (Å²) in [6, 6.07) is 21.8. The molecule has 1 aromatic heterocycles. The molecule has 1 heterocycles. The molecule has 0 radical (unpaired) electrons. The summed E-state index contributed by atoms with van der Waals surface area (Å²) in [5.41, 5.74) is 2.01. The van der Waals surface area contributed by atoms with E-state index in [0.717, 1.165) is 5.56 Å². The number of hydrogen-bond acceptors (Lipinski definition) is 6. The number of aryl methyl sites for hydroxylation is 1. The van der Waals surface area contributed by atoms with Gasteiger partial charge in [-0.15, -0.1) is 0 Å². The second kappa shape index (κ2) is 9.98. The highest BCUT2D eigenvalue weighted by atomic mass is 35.5. The van der Waals surface area contributed by atoms with Crippen LogP contribution in [0, 0.1) is 6.92 Å². The van der Waals surface area contributed by atoms with Crippen molar-refractivity contribution in [1.82, 2.24) is 10.1 Å². The fourth-order valence-electron chi connectivity index (χ4n) is 2.91. The Kier molecular flexibility index (Phi) is 6.67. The topological polar surface area (TPSA) is 86.5 Å². The number of hydrogen-bond donors (Lipinski definition) is 1. The van der Waals surface area contributed by atoms with Crippen LogP contribution in [0.15, 0.2) is 77.3 Å². The maximum absolute atomic E-state index is 12.4. The van der Waals surface area contributed by atoms with Crippen molar-refractivity contribution in [2.75, 3.05) is 11.9 Å². The van der Waals surface area contributed by atoms with Crippen LogP contribution in [-0.4, -0.2) is 22.7 Å². The average Bonchev–Trinajstić information content (AvgIpc) is 3.28. The molecule has 0 bridgehead atoms. The van der Waals surface area contributed by atoms with Gasteiger partial charge in [-0.05, 0) is 55.0 Å². The van der Waals surface area contributed by atoms with Gasteiger partial charge in [0.2, 0.25) is 5.82 Å². The standard InChI is InChI=1S/C24H20ClN3O4/c1-16-13-18(11-12-20(16)25)31-15-23(29)26-21-10-6-5-9-19(21)24-27-22(28-32-24)14-30-17-7-3-2-4-8-17/h2-13H,14-15H2,1H3,(H,26,29). The molecule has 0 atom stereocenters. The molecule has 0 fully saturated rings. The van der Waals surface area contributed by atoms with Gasteiger partial charge in [-0.25, -0.2) is 0 Å². The minimum Gasteiger partial charge on any atom is -0.485 e. The number of halogens is 1. The van der Waals surface area contributed by atoms with E-state index >= 15 is 0 Å². The van der Waals surface area contributed by atoms with Gasteiger partial charge in [0.15, 0.2) is 13.2 Å². The van der Waals surface area contributed by atoms with Gasteiger partial charge in [0.05, 0.1) is 11.3 Å². The Bertz CT molecular complexity index is 1210. The van der Waals surface area contributed by atoms with Crippen molar-refractivity contribution >= 4 is 23.2 Å². The van der Waals surface area contributed by atoms with Crippen molar-refractivity contribution < 1.29 is 18.8 Å². The number of benzene rings is 3. The van der Waals surface area contributed by atoms with Crippen LogP contribution < -0.4 is 14.8 Å². The van der Waals surface area contributed by atoms with E-state index in [4.69, 9.17) is 25.6 Å². The van der Waals surface area contributed by atoms with Crippen molar-refractivity contribution in [3.05, 3.63) is 89.2 Å². The number of anilines is 1. The molecular weight excluding hydrogens is 430 g/mol. The number of carbonyl (C=O) groups excluding carboxylic acids is 1. The SMILES string of the molecule is Cc1cc(OCC(=O)Nc2ccccc2-c2nc(COc3ccccc3)no2)ccc1Cl. The van der Waals surface area contributed by atoms with Crippen molar-refractivity contribution in [1.29, 1.82) is 0 Å². The Morgan fingerprint density at radius 1 is 1.00 bits per heavy atom. The summed E-state index contributed by atoms with van der Waals surface area (Å²) in [6.45, 7) is 1.88. The Labute approximate surface area is 189 Å². The lowest BCUT2D eigenvalue weighted by molar-refractivity contribution is -0.118. The van der Waals surface area contributed by atoms with E-state index in [1.807, 2.05) is 43.3 Å². The largest absolute Gasteiger partial charge is 0.485 e. The first kappa shape index (κ1) is 21.4. The van der Waals surface area contributed by atoms with Crippen LogP contribution in [0.2, 0.25) is 5.02 Å². The molecule has 1 amide bonds. The zero-order valence-electron chi connectivity index (χ0n) is 17.2. The number of amides is 1. The molecule has 0 saturated heterocycles. The van der Waals surface area contributed by atoms with E-state index in [1.54, 1.807) is 36.4 Å². The molecule has 0 aliphatic carbocycles. The molecule has 3 aromatic carbocycles. The molecule has 0 aliphatic heterocycles. The van der Waals surface area contributed by atoms with Gasteiger partial charge in [-0.3, -0.25) is 4.79 Å². The Hall–Kier alpha value is -3.84. The first-order valence-electron chi connectivity index (χ1n) is 9.87. The van der Waals surface area contributed by atoms with Crippen molar-refractivity contribution in [3.63, 3.8) is 0 Å². The Morgan fingerprint density at radius 2 is 1.78 bits per heavy atom. The van der Waals surface area contributed by atoms with Crippen LogP contribution in [0.4, 0.5) is 5.69 Å². The maximum Gasteiger partial charge on any atom is 0.262 e. The number of para-hydroxylation sites is 2. The number of carbonyl (C=O) groups is 1. The van der Waals surface area contributed by atoms with Crippen LogP contribution in [0.5, 0.6) is 11.5 Å². The highest BCUT2D eigenvalue weighted by Gasteiger charge is 2.15. The molecule has 0 unspecified atom stereocenters. The summed E-state index contributed by atoms with van der Waals surface area (Å²) in [6.07, 6.45) is 0. The molecule has 0 aliphatic rings. The number of aromatic nitrogens is 2. The number of rotatable bonds is 8. The number of nitrogens with zero attached hydrogens (tertiary/aromatic N) is 2. The molecule has 4 aromatic rings. The van der Waals surface area contributed by atoms with Crippen molar-refractivity contribution in [2.45, 2.75) is 13.5 Å². The quantitative estimate of drug-likeness (QED) is 0.393. The third kappa shape index (κ3) is 5.44. The van der Waals surface area contributed by atoms with Gasteiger partial charge in [0, 0.05) is 5.02 Å². The average molecular weight is 450 g/mol. The monoisotopic (exact) mass is 449 g/mol. The van der Waals surface area contributed by atoms with Gasteiger partial charge in [-0.2, -0.15) is 4.98 Å². The minimum atomic E-state index is -0.322. The van der Waals surface area contributed by atoms with Gasteiger partial charge in [0.25, 0.3) is 11.8 Å². The third-order valence-corrected chi connectivity index (χ3v) is 4.93. The molecule has 4 rings (SSSR count). The number of nitrogens with one attached hydrogen (secondary N) is 1. The van der Waals surface area contributed by atoms with E-state index in [1.165, 1.54) is 0 Å². The molecule has 1 N–H and O–H groups in total. The molecule has 0 saturated carbocycles. The molecular formula is C24H20ClN3O4. The predicted octanol–water partition coefficient (Wildman–Crippen LogP) is 5.29. The summed E-state index contributed by atoms with van der Waals surface area (Å²) >= 11 is 6.02. The zero-order chi connectivity index (χ0) is 22.3. The Balaban J connectivity index is 1.39. The van der Waals surface area contributed by atoms with Crippen molar-refractivity contribution in [2.24, 2.45) is 0 Å². The van der Waals surface area contributed by atoms with E-state index in [9.17, 15) is 4.79 Å². The molecule has 0 spiro atoms. The van der Waals surface area contributed by atoms with Crippen LogP contribution >= 0.6 is 11.6 Å². The highest BCUT2D eigenvalue weighted by molar-refractivity contribution is 6.31. The summed E-state index contributed by atoms with van der Waals surface area (Å²) < 4.78 is 16.6. The lowest BCUT2D eigenvalue weighted by Crippen LogP contribution is -2.20. The van der Waals surface area contributed by atoms with Crippen LogP contribution in [0.25, 0.3) is 11.5 Å². The van der Waals surface area contributed by atoms with Gasteiger partial charge in [0.1, 0.15) is 11.5 Å². The summed E-state index contributed by atoms with van der Waals surface area (Å²) in [7, 11) is 0. The summed E-state index contributed by atoms with van der Waals surface area (Å²) in [5, 5.41) is 7.43. The van der Waals surface area contributed by atoms with E-state index in [-0.39, 0.29) is 25.0 Å². The maximum atomic E-state index is 12.4. The van der Waals surface area contributed by atoms with E-state index in [0.29, 0.717) is 33.6 Å². The van der Waals surface area contributed by atoms with Crippen LogP contribution in [0.3, 0.4) is 0 Å². The van der Waals surface area contributed by atoms with Crippen molar-refractivity contribution in [3.8, 4) is 23.0 Å². The molecule has 32 heavy (non-hydrogen) atoms. The minimum absolute atomic E-state index is 0.157. The fourth-order valence-corrected chi connectivity index (χ4v) is 3.02.